The van der Waals surface area contributed by atoms with Gasteiger partial charge in [0.1, 0.15) is 5.88 Å². The monoisotopic (exact) mass is 224 g/mol. The van der Waals surface area contributed by atoms with Crippen LogP contribution in [-0.4, -0.2) is 11.8 Å². The number of carbonyl (C=O) groups excluding carboxylic acids is 1. The zero-order chi connectivity index (χ0) is 11.4. The van der Waals surface area contributed by atoms with Gasteiger partial charge in [-0.3, -0.25) is 4.79 Å². The molecule has 15 heavy (non-hydrogen) atoms. The molecule has 0 aromatic heterocycles. The molecule has 0 saturated heterocycles. The average molecular weight is 225 g/mol. The van der Waals surface area contributed by atoms with Crippen LogP contribution in [0.2, 0.25) is 0 Å². The summed E-state index contributed by atoms with van der Waals surface area (Å²) in [4.78, 5) is 12.9. The van der Waals surface area contributed by atoms with Gasteiger partial charge in [0, 0.05) is 12.7 Å². The number of hydrogen-bond acceptors (Lipinski definition) is 1. The third-order valence-corrected chi connectivity index (χ3v) is 2.62. The van der Waals surface area contributed by atoms with Crippen LogP contribution in [0.4, 0.5) is 5.69 Å². The zero-order valence-corrected chi connectivity index (χ0v) is 9.84. The molecule has 0 spiro atoms. The van der Waals surface area contributed by atoms with Gasteiger partial charge < -0.3 is 4.90 Å². The smallest absolute Gasteiger partial charge is 0.241 e. The Kier molecular flexibility index (Phi) is 4.15. The molecule has 1 aromatic rings. The summed E-state index contributed by atoms with van der Waals surface area (Å²) in [6, 6.07) is 5.95. The molecule has 0 aliphatic carbocycles. The fourth-order valence-electron chi connectivity index (χ4n) is 1.59. The molecule has 0 bridgehead atoms. The SMILES string of the molecule is [CH2]N(C(=O)CCl)c1c(C)cccc1CC. The van der Waals surface area contributed by atoms with Gasteiger partial charge in [0.2, 0.25) is 5.91 Å². The topological polar surface area (TPSA) is 20.3 Å². The summed E-state index contributed by atoms with van der Waals surface area (Å²) in [7, 11) is 3.75. The van der Waals surface area contributed by atoms with Gasteiger partial charge in [-0.25, -0.2) is 0 Å². The van der Waals surface area contributed by atoms with Gasteiger partial charge >= 0.3 is 0 Å². The van der Waals surface area contributed by atoms with E-state index in [2.05, 4.69) is 14.0 Å². The molecule has 1 aromatic carbocycles. The zero-order valence-electron chi connectivity index (χ0n) is 9.09. The van der Waals surface area contributed by atoms with Crippen molar-refractivity contribution in [3.8, 4) is 0 Å². The first-order chi connectivity index (χ1) is 7.11. The Morgan fingerprint density at radius 2 is 2.20 bits per heavy atom. The molecule has 0 atom stereocenters. The van der Waals surface area contributed by atoms with Crippen LogP contribution in [0.15, 0.2) is 18.2 Å². The molecule has 0 saturated carbocycles. The van der Waals surface area contributed by atoms with Gasteiger partial charge in [0.05, 0.1) is 0 Å². The van der Waals surface area contributed by atoms with Crippen LogP contribution >= 0.6 is 11.6 Å². The molecule has 0 aliphatic heterocycles. The molecule has 0 fully saturated rings. The maximum absolute atomic E-state index is 11.5. The Morgan fingerprint density at radius 1 is 1.53 bits per heavy atom. The second kappa shape index (κ2) is 5.17. The lowest BCUT2D eigenvalue weighted by atomic mass is 10.0. The van der Waals surface area contributed by atoms with Crippen molar-refractivity contribution in [1.29, 1.82) is 0 Å². The van der Waals surface area contributed by atoms with E-state index in [1.54, 1.807) is 0 Å². The van der Waals surface area contributed by atoms with E-state index in [0.717, 1.165) is 23.2 Å². The molecule has 1 rings (SSSR count). The fraction of sp³-hybridized carbons (Fsp3) is 0.333. The van der Waals surface area contributed by atoms with Crippen LogP contribution in [0.5, 0.6) is 0 Å². The molecule has 3 heteroatoms. The molecule has 0 aliphatic rings. The predicted molar refractivity (Wildman–Crippen MR) is 64.1 cm³/mol. The Labute approximate surface area is 95.8 Å². The summed E-state index contributed by atoms with van der Waals surface area (Å²) >= 11 is 5.51. The van der Waals surface area contributed by atoms with Crippen LogP contribution < -0.4 is 4.90 Å². The number of anilines is 1. The molecule has 0 unspecified atom stereocenters. The van der Waals surface area contributed by atoms with Crippen molar-refractivity contribution in [1.82, 2.24) is 0 Å². The minimum Gasteiger partial charge on any atom is -0.309 e. The molecule has 0 heterocycles. The van der Waals surface area contributed by atoms with Gasteiger partial charge in [-0.1, -0.05) is 25.1 Å². The van der Waals surface area contributed by atoms with E-state index in [9.17, 15) is 4.79 Å². The number of hydrogen-bond donors (Lipinski definition) is 0. The summed E-state index contributed by atoms with van der Waals surface area (Å²) in [5.41, 5.74) is 3.04. The predicted octanol–water partition coefficient (Wildman–Crippen LogP) is 2.92. The van der Waals surface area contributed by atoms with Crippen molar-refractivity contribution in [3.63, 3.8) is 0 Å². The van der Waals surface area contributed by atoms with Gasteiger partial charge in [0.25, 0.3) is 0 Å². The highest BCUT2D eigenvalue weighted by molar-refractivity contribution is 6.29. The second-order valence-corrected chi connectivity index (χ2v) is 3.66. The van der Waals surface area contributed by atoms with Crippen molar-refractivity contribution in [2.75, 3.05) is 10.8 Å². The maximum atomic E-state index is 11.5. The molecule has 81 valence electrons. The Morgan fingerprint density at radius 3 is 2.73 bits per heavy atom. The molecule has 2 nitrogen and oxygen atoms in total. The first-order valence-electron chi connectivity index (χ1n) is 4.89. The lowest BCUT2D eigenvalue weighted by Crippen LogP contribution is -2.26. The maximum Gasteiger partial charge on any atom is 0.241 e. The molecule has 0 N–H and O–H groups in total. The highest BCUT2D eigenvalue weighted by Gasteiger charge is 2.14. The Bertz CT molecular complexity index is 363. The van der Waals surface area contributed by atoms with Crippen molar-refractivity contribution in [2.45, 2.75) is 20.3 Å². The van der Waals surface area contributed by atoms with Gasteiger partial charge in [-0.15, -0.1) is 11.6 Å². The average Bonchev–Trinajstić information content (AvgIpc) is 2.26. The highest BCUT2D eigenvalue weighted by Crippen LogP contribution is 2.25. The number of amides is 1. The van der Waals surface area contributed by atoms with Crippen molar-refractivity contribution in [3.05, 3.63) is 36.4 Å². The second-order valence-electron chi connectivity index (χ2n) is 3.39. The summed E-state index contributed by atoms with van der Waals surface area (Å²) in [5, 5.41) is 0. The van der Waals surface area contributed by atoms with Crippen LogP contribution in [0.1, 0.15) is 18.1 Å². The number of para-hydroxylation sites is 1. The Balaban J connectivity index is 3.16. The van der Waals surface area contributed by atoms with E-state index in [1.165, 1.54) is 4.90 Å². The van der Waals surface area contributed by atoms with Crippen molar-refractivity contribution < 1.29 is 4.79 Å². The standard InChI is InChI=1S/C12H15ClNO/c1-4-10-7-5-6-9(2)12(10)14(3)11(15)8-13/h5-7H,3-4,8H2,1-2H3. The van der Waals surface area contributed by atoms with Gasteiger partial charge in [0.15, 0.2) is 0 Å². The van der Waals surface area contributed by atoms with E-state index in [1.807, 2.05) is 25.1 Å². The summed E-state index contributed by atoms with van der Waals surface area (Å²) < 4.78 is 0. The number of benzene rings is 1. The third-order valence-electron chi connectivity index (χ3n) is 2.39. The number of rotatable bonds is 3. The lowest BCUT2D eigenvalue weighted by Gasteiger charge is -2.21. The molecular weight excluding hydrogens is 210 g/mol. The van der Waals surface area contributed by atoms with Gasteiger partial charge in [-0.2, -0.15) is 0 Å². The third kappa shape index (κ3) is 2.51. The fourth-order valence-corrected chi connectivity index (χ4v) is 1.73. The van der Waals surface area contributed by atoms with E-state index < -0.39 is 0 Å². The van der Waals surface area contributed by atoms with E-state index in [0.29, 0.717) is 0 Å². The van der Waals surface area contributed by atoms with Crippen LogP contribution in [0.25, 0.3) is 0 Å². The Hall–Kier alpha value is -1.02. The van der Waals surface area contributed by atoms with Crippen LogP contribution in [0.3, 0.4) is 0 Å². The molecule has 1 radical (unpaired) electrons. The van der Waals surface area contributed by atoms with Crippen molar-refractivity contribution in [2.24, 2.45) is 0 Å². The minimum absolute atomic E-state index is 0.0407. The largest absolute Gasteiger partial charge is 0.309 e. The number of carbonyl (C=O) groups is 1. The van der Waals surface area contributed by atoms with Crippen LogP contribution in [-0.2, 0) is 11.2 Å². The summed E-state index contributed by atoms with van der Waals surface area (Å²) in [6.45, 7) is 4.02. The first kappa shape index (κ1) is 12.1. The number of alkyl halides is 1. The summed E-state index contributed by atoms with van der Waals surface area (Å²) in [6.07, 6.45) is 0.874. The first-order valence-corrected chi connectivity index (χ1v) is 5.43. The van der Waals surface area contributed by atoms with E-state index in [-0.39, 0.29) is 11.8 Å². The number of nitrogens with zero attached hydrogens (tertiary/aromatic N) is 1. The number of halogens is 1. The van der Waals surface area contributed by atoms with Gasteiger partial charge in [-0.05, 0) is 24.5 Å². The quantitative estimate of drug-likeness (QED) is 0.723. The summed E-state index contributed by atoms with van der Waals surface area (Å²) in [5.74, 6) is -0.221. The highest BCUT2D eigenvalue weighted by atomic mass is 35.5. The van der Waals surface area contributed by atoms with Crippen LogP contribution in [0, 0.1) is 14.0 Å². The molecule has 1 amide bonds. The molecular formula is C12H15ClNO. The normalized spacial score (nSPS) is 10.1. The minimum atomic E-state index is -0.180. The lowest BCUT2D eigenvalue weighted by molar-refractivity contribution is -0.115. The van der Waals surface area contributed by atoms with E-state index in [4.69, 9.17) is 11.6 Å². The number of aryl methyl sites for hydroxylation is 2. The van der Waals surface area contributed by atoms with E-state index >= 15 is 0 Å². The van der Waals surface area contributed by atoms with Crippen molar-refractivity contribution >= 4 is 23.2 Å².